The van der Waals surface area contributed by atoms with Crippen molar-refractivity contribution in [2.24, 2.45) is 0 Å². The number of nitrogens with one attached hydrogen (secondary N) is 2. The van der Waals surface area contributed by atoms with E-state index in [4.69, 9.17) is 16.6 Å². The molecular weight excluding hydrogens is 365 g/mol. The number of fused-ring (bicyclic) bond motifs is 1. The summed E-state index contributed by atoms with van der Waals surface area (Å²) in [6.07, 6.45) is -4.67. The molecule has 0 aliphatic heterocycles. The molecule has 0 spiro atoms. The van der Waals surface area contributed by atoms with Crippen LogP contribution in [-0.2, 0) is 6.18 Å². The smallest absolute Gasteiger partial charge is 0.417 e. The summed E-state index contributed by atoms with van der Waals surface area (Å²) in [6.45, 7) is 1.90. The molecule has 0 fully saturated rings. The van der Waals surface area contributed by atoms with E-state index in [9.17, 15) is 18.0 Å². The fourth-order valence-electron chi connectivity index (χ4n) is 2.47. The summed E-state index contributed by atoms with van der Waals surface area (Å²) >= 11 is 5.21. The molecule has 1 aromatic heterocycles. The van der Waals surface area contributed by atoms with Crippen molar-refractivity contribution in [2.75, 3.05) is 10.6 Å². The summed E-state index contributed by atoms with van der Waals surface area (Å²) in [5.74, 6) is 0. The molecule has 2 N–H and O–H groups in total. The van der Waals surface area contributed by atoms with Gasteiger partial charge in [0.15, 0.2) is 5.11 Å². The van der Waals surface area contributed by atoms with Crippen molar-refractivity contribution in [2.45, 2.75) is 13.1 Å². The zero-order valence-corrected chi connectivity index (χ0v) is 14.3. The third kappa shape index (κ3) is 3.85. The number of benzene rings is 2. The summed E-state index contributed by atoms with van der Waals surface area (Å²) < 4.78 is 44.4. The predicted molar refractivity (Wildman–Crippen MR) is 98.5 cm³/mol. The second-order valence-corrected chi connectivity index (χ2v) is 5.99. The first kappa shape index (κ1) is 17.9. The van der Waals surface area contributed by atoms with Crippen molar-refractivity contribution in [1.82, 2.24) is 0 Å². The van der Waals surface area contributed by atoms with Crippen LogP contribution in [-0.4, -0.2) is 5.11 Å². The lowest BCUT2D eigenvalue weighted by molar-refractivity contribution is -0.136. The summed E-state index contributed by atoms with van der Waals surface area (Å²) in [5.41, 5.74) is -0.160. The van der Waals surface area contributed by atoms with E-state index < -0.39 is 17.4 Å². The van der Waals surface area contributed by atoms with Gasteiger partial charge >= 0.3 is 11.8 Å². The molecule has 0 saturated carbocycles. The number of thiocarbonyl (C=S) groups is 1. The Morgan fingerprint density at radius 2 is 1.81 bits per heavy atom. The molecule has 8 heteroatoms. The molecule has 0 atom stereocenters. The number of para-hydroxylation sites is 1. The Bertz CT molecular complexity index is 1040. The van der Waals surface area contributed by atoms with E-state index in [0.29, 0.717) is 11.8 Å². The number of hydrogen-bond acceptors (Lipinski definition) is 3. The predicted octanol–water partition coefficient (Wildman–Crippen LogP) is 4.93. The molecule has 4 nitrogen and oxygen atoms in total. The van der Waals surface area contributed by atoms with Crippen LogP contribution in [0.1, 0.15) is 11.1 Å². The molecule has 26 heavy (non-hydrogen) atoms. The molecular formula is C18H13F3N2O2S. The molecule has 0 aliphatic rings. The van der Waals surface area contributed by atoms with E-state index in [1.165, 1.54) is 18.2 Å². The molecule has 2 aromatic carbocycles. The van der Waals surface area contributed by atoms with Gasteiger partial charge < -0.3 is 15.1 Å². The molecule has 3 rings (SSSR count). The Hall–Kier alpha value is -2.87. The second kappa shape index (κ2) is 6.80. The van der Waals surface area contributed by atoms with Crippen LogP contribution >= 0.6 is 12.2 Å². The van der Waals surface area contributed by atoms with Gasteiger partial charge in [-0.2, -0.15) is 13.2 Å². The normalized spacial score (nSPS) is 11.4. The highest BCUT2D eigenvalue weighted by molar-refractivity contribution is 7.80. The van der Waals surface area contributed by atoms with Gasteiger partial charge in [0.1, 0.15) is 5.58 Å². The third-order valence-corrected chi connectivity index (χ3v) is 3.90. The zero-order valence-electron chi connectivity index (χ0n) is 13.5. The van der Waals surface area contributed by atoms with Crippen molar-refractivity contribution in [1.29, 1.82) is 0 Å². The largest absolute Gasteiger partial charge is 0.423 e. The molecule has 1 heterocycles. The Morgan fingerprint density at radius 3 is 2.50 bits per heavy atom. The van der Waals surface area contributed by atoms with Gasteiger partial charge in [-0.3, -0.25) is 0 Å². The highest BCUT2D eigenvalue weighted by Gasteiger charge is 2.33. The SMILES string of the molecule is Cc1ccccc1NC(=S)Nc1ccc2oc(=O)cc(C(F)(F)F)c2c1. The van der Waals surface area contributed by atoms with Crippen LogP contribution in [0.25, 0.3) is 11.0 Å². The summed E-state index contributed by atoms with van der Waals surface area (Å²) in [7, 11) is 0. The number of rotatable bonds is 2. The highest BCUT2D eigenvalue weighted by atomic mass is 32.1. The van der Waals surface area contributed by atoms with Crippen LogP contribution in [0.5, 0.6) is 0 Å². The molecule has 0 unspecified atom stereocenters. The number of alkyl halides is 3. The third-order valence-electron chi connectivity index (χ3n) is 3.70. The van der Waals surface area contributed by atoms with Crippen molar-refractivity contribution in [3.63, 3.8) is 0 Å². The Morgan fingerprint density at radius 1 is 1.08 bits per heavy atom. The monoisotopic (exact) mass is 378 g/mol. The Balaban J connectivity index is 1.92. The maximum Gasteiger partial charge on any atom is 0.417 e. The van der Waals surface area contributed by atoms with Crippen LogP contribution in [0.2, 0.25) is 0 Å². The molecule has 0 aliphatic carbocycles. The molecule has 0 amide bonds. The zero-order chi connectivity index (χ0) is 18.9. The van der Waals surface area contributed by atoms with Crippen molar-refractivity contribution in [3.8, 4) is 0 Å². The van der Waals surface area contributed by atoms with Crippen molar-refractivity contribution >= 4 is 39.7 Å². The van der Waals surface area contributed by atoms with E-state index in [2.05, 4.69) is 10.6 Å². The lowest BCUT2D eigenvalue weighted by Gasteiger charge is -2.14. The van der Waals surface area contributed by atoms with Crippen molar-refractivity contribution < 1.29 is 17.6 Å². The maximum absolute atomic E-state index is 13.2. The van der Waals surface area contributed by atoms with E-state index in [1.54, 1.807) is 0 Å². The van der Waals surface area contributed by atoms with E-state index in [0.717, 1.165) is 11.3 Å². The van der Waals surface area contributed by atoms with Gasteiger partial charge in [0, 0.05) is 22.8 Å². The second-order valence-electron chi connectivity index (χ2n) is 5.58. The van der Waals surface area contributed by atoms with E-state index in [1.807, 2.05) is 31.2 Å². The van der Waals surface area contributed by atoms with Gasteiger partial charge in [0.05, 0.1) is 5.56 Å². The minimum atomic E-state index is -4.67. The quantitative estimate of drug-likeness (QED) is 0.489. The first-order valence-electron chi connectivity index (χ1n) is 7.53. The number of halogens is 3. The van der Waals surface area contributed by atoms with Crippen LogP contribution in [0.4, 0.5) is 24.5 Å². The Kier molecular flexibility index (Phi) is 4.69. The van der Waals surface area contributed by atoms with Crippen LogP contribution in [0.3, 0.4) is 0 Å². The fourth-order valence-corrected chi connectivity index (χ4v) is 2.70. The van der Waals surface area contributed by atoms with Crippen LogP contribution < -0.4 is 16.3 Å². The Labute approximate surface area is 151 Å². The first-order chi connectivity index (χ1) is 12.2. The summed E-state index contributed by atoms with van der Waals surface area (Å²) in [4.78, 5) is 11.3. The van der Waals surface area contributed by atoms with Gasteiger partial charge in [-0.15, -0.1) is 0 Å². The topological polar surface area (TPSA) is 54.3 Å². The fraction of sp³-hybridized carbons (Fsp3) is 0.111. The molecule has 0 saturated heterocycles. The van der Waals surface area contributed by atoms with E-state index >= 15 is 0 Å². The minimum absolute atomic E-state index is 0.145. The molecule has 3 aromatic rings. The van der Waals surface area contributed by atoms with Gasteiger partial charge in [0.25, 0.3) is 0 Å². The lowest BCUT2D eigenvalue weighted by atomic mass is 10.1. The van der Waals surface area contributed by atoms with Gasteiger partial charge in [0.2, 0.25) is 0 Å². The maximum atomic E-state index is 13.2. The van der Waals surface area contributed by atoms with Gasteiger partial charge in [-0.05, 0) is 49.0 Å². The van der Waals surface area contributed by atoms with Crippen LogP contribution in [0.15, 0.2) is 57.7 Å². The average molecular weight is 378 g/mol. The van der Waals surface area contributed by atoms with Crippen molar-refractivity contribution in [3.05, 3.63) is 70.1 Å². The van der Waals surface area contributed by atoms with E-state index in [-0.39, 0.29) is 16.1 Å². The molecule has 0 radical (unpaired) electrons. The lowest BCUT2D eigenvalue weighted by Crippen LogP contribution is -2.19. The first-order valence-corrected chi connectivity index (χ1v) is 7.93. The average Bonchev–Trinajstić information content (AvgIpc) is 2.55. The summed E-state index contributed by atoms with van der Waals surface area (Å²) in [5, 5.41) is 5.83. The van der Waals surface area contributed by atoms with Gasteiger partial charge in [-0.25, -0.2) is 4.79 Å². The van der Waals surface area contributed by atoms with Gasteiger partial charge in [-0.1, -0.05) is 18.2 Å². The molecule has 134 valence electrons. The summed E-state index contributed by atoms with van der Waals surface area (Å²) in [6, 6.07) is 11.9. The minimum Gasteiger partial charge on any atom is -0.423 e. The van der Waals surface area contributed by atoms with Crippen LogP contribution in [0, 0.1) is 6.92 Å². The standard InChI is InChI=1S/C18H13F3N2O2S/c1-10-4-2-3-5-14(10)23-17(26)22-11-6-7-15-12(8-11)13(18(19,20)21)9-16(24)25-15/h2-9H,1H3,(H2,22,23,26). The molecule has 0 bridgehead atoms. The number of aryl methyl sites for hydroxylation is 1. The highest BCUT2D eigenvalue weighted by Crippen LogP contribution is 2.34. The number of hydrogen-bond donors (Lipinski definition) is 2. The number of anilines is 2.